The van der Waals surface area contributed by atoms with Crippen molar-refractivity contribution < 1.29 is 9.13 Å². The van der Waals surface area contributed by atoms with E-state index in [1.807, 2.05) is 37.3 Å². The summed E-state index contributed by atoms with van der Waals surface area (Å²) in [5.74, 6) is -0.162. The van der Waals surface area contributed by atoms with Crippen LogP contribution in [0, 0.1) is 5.82 Å². The molecule has 2 rings (SSSR count). The normalized spacial score (nSPS) is 11.9. The van der Waals surface area contributed by atoms with Crippen molar-refractivity contribution in [2.45, 2.75) is 12.8 Å². The lowest BCUT2D eigenvalue weighted by Crippen LogP contribution is -2.08. The molecule has 0 aliphatic heterocycles. The van der Waals surface area contributed by atoms with Crippen LogP contribution in [0.3, 0.4) is 0 Å². The van der Waals surface area contributed by atoms with Crippen molar-refractivity contribution >= 4 is 17.3 Å². The highest BCUT2D eigenvalue weighted by molar-refractivity contribution is 7.80. The average molecular weight is 274 g/mol. The zero-order valence-electron chi connectivity index (χ0n) is 10.9. The maximum atomic E-state index is 13.7. The van der Waals surface area contributed by atoms with E-state index in [0.29, 0.717) is 10.6 Å². The van der Waals surface area contributed by atoms with Gasteiger partial charge in [-0.2, -0.15) is 0 Å². The van der Waals surface area contributed by atoms with E-state index in [2.05, 4.69) is 0 Å². The monoisotopic (exact) mass is 274 g/mol. The zero-order valence-corrected chi connectivity index (χ0v) is 11.7. The second-order valence-electron chi connectivity index (χ2n) is 4.35. The number of hydrogen-bond donors (Lipinski definition) is 0. The lowest BCUT2D eigenvalue weighted by Gasteiger charge is -2.13. The molecule has 1 nitrogen and oxygen atoms in total. The van der Waals surface area contributed by atoms with Gasteiger partial charge in [-0.15, -0.1) is 0 Å². The summed E-state index contributed by atoms with van der Waals surface area (Å²) in [6, 6.07) is 14.5. The molecule has 0 fully saturated rings. The number of hydrogen-bond acceptors (Lipinski definition) is 2. The summed E-state index contributed by atoms with van der Waals surface area (Å²) in [7, 11) is 1.58. The van der Waals surface area contributed by atoms with Crippen molar-refractivity contribution in [1.29, 1.82) is 0 Å². The molecule has 0 bridgehead atoms. The second kappa shape index (κ2) is 5.93. The van der Waals surface area contributed by atoms with Crippen LogP contribution in [-0.4, -0.2) is 12.2 Å². The molecule has 0 N–H and O–H groups in total. The number of thiocarbonyl (C=S) groups is 1. The van der Waals surface area contributed by atoms with E-state index in [0.717, 1.165) is 11.1 Å². The van der Waals surface area contributed by atoms with Gasteiger partial charge in [-0.1, -0.05) is 49.4 Å². The zero-order chi connectivity index (χ0) is 13.8. The van der Waals surface area contributed by atoms with Crippen molar-refractivity contribution in [3.05, 3.63) is 59.9 Å². The topological polar surface area (TPSA) is 9.23 Å². The summed E-state index contributed by atoms with van der Waals surface area (Å²) in [6.07, 6.45) is 0. The first-order chi connectivity index (χ1) is 9.13. The number of halogens is 1. The second-order valence-corrected chi connectivity index (χ2v) is 4.75. The standard InChI is InChI=1S/C16H15FOS/c1-11(16(19)18-2)12-7-9-13(10-8-12)14-5-3-4-6-15(14)17/h3-11H,1-2H3. The Morgan fingerprint density at radius 1 is 1.11 bits per heavy atom. The number of benzene rings is 2. The maximum absolute atomic E-state index is 13.7. The van der Waals surface area contributed by atoms with Crippen molar-refractivity contribution in [2.75, 3.05) is 7.11 Å². The third-order valence-corrected chi connectivity index (χ3v) is 3.67. The minimum atomic E-state index is -0.212. The summed E-state index contributed by atoms with van der Waals surface area (Å²) in [5.41, 5.74) is 2.53. The summed E-state index contributed by atoms with van der Waals surface area (Å²) >= 11 is 5.12. The Labute approximate surface area is 118 Å². The van der Waals surface area contributed by atoms with Gasteiger partial charge in [0.15, 0.2) is 5.05 Å². The molecular weight excluding hydrogens is 259 g/mol. The third kappa shape index (κ3) is 2.99. The van der Waals surface area contributed by atoms with Crippen LogP contribution < -0.4 is 0 Å². The minimum absolute atomic E-state index is 0.0506. The summed E-state index contributed by atoms with van der Waals surface area (Å²) < 4.78 is 18.7. The number of ether oxygens (including phenoxy) is 1. The Kier molecular flexibility index (Phi) is 4.27. The van der Waals surface area contributed by atoms with Gasteiger partial charge >= 0.3 is 0 Å². The van der Waals surface area contributed by atoms with E-state index >= 15 is 0 Å². The highest BCUT2D eigenvalue weighted by atomic mass is 32.1. The molecule has 0 aliphatic carbocycles. The van der Waals surface area contributed by atoms with E-state index in [1.54, 1.807) is 19.2 Å². The fourth-order valence-electron chi connectivity index (χ4n) is 1.96. The highest BCUT2D eigenvalue weighted by Gasteiger charge is 2.12. The fraction of sp³-hybridized carbons (Fsp3) is 0.188. The molecule has 0 saturated carbocycles. The van der Waals surface area contributed by atoms with Crippen LogP contribution >= 0.6 is 12.2 Å². The van der Waals surface area contributed by atoms with Gasteiger partial charge in [0.1, 0.15) is 5.82 Å². The molecule has 0 radical (unpaired) electrons. The average Bonchev–Trinajstić information content (AvgIpc) is 2.46. The van der Waals surface area contributed by atoms with Gasteiger partial charge < -0.3 is 4.74 Å². The van der Waals surface area contributed by atoms with Crippen LogP contribution in [0.25, 0.3) is 11.1 Å². The van der Waals surface area contributed by atoms with E-state index in [9.17, 15) is 4.39 Å². The van der Waals surface area contributed by atoms with Crippen LogP contribution in [0.15, 0.2) is 48.5 Å². The molecule has 0 saturated heterocycles. The maximum Gasteiger partial charge on any atom is 0.166 e. The SMILES string of the molecule is COC(=S)C(C)c1ccc(-c2ccccc2F)cc1. The first-order valence-electron chi connectivity index (χ1n) is 6.06. The van der Waals surface area contributed by atoms with Gasteiger partial charge in [0.05, 0.1) is 7.11 Å². The molecular formula is C16H15FOS. The van der Waals surface area contributed by atoms with Gasteiger partial charge in [0.2, 0.25) is 0 Å². The Hall–Kier alpha value is -1.74. The van der Waals surface area contributed by atoms with E-state index in [-0.39, 0.29) is 11.7 Å². The minimum Gasteiger partial charge on any atom is -0.490 e. The molecule has 1 unspecified atom stereocenters. The molecule has 98 valence electrons. The Morgan fingerprint density at radius 2 is 1.74 bits per heavy atom. The smallest absolute Gasteiger partial charge is 0.166 e. The molecule has 19 heavy (non-hydrogen) atoms. The van der Waals surface area contributed by atoms with Crippen LogP contribution in [0.5, 0.6) is 0 Å². The molecule has 0 aromatic heterocycles. The Morgan fingerprint density at radius 3 is 2.32 bits per heavy atom. The van der Waals surface area contributed by atoms with Crippen molar-refractivity contribution in [3.8, 4) is 11.1 Å². The van der Waals surface area contributed by atoms with Gasteiger partial charge in [-0.25, -0.2) is 4.39 Å². The van der Waals surface area contributed by atoms with Gasteiger partial charge in [-0.3, -0.25) is 0 Å². The van der Waals surface area contributed by atoms with Gasteiger partial charge in [0.25, 0.3) is 0 Å². The van der Waals surface area contributed by atoms with Crippen LogP contribution in [0.1, 0.15) is 18.4 Å². The summed E-state index contributed by atoms with van der Waals surface area (Å²) in [5, 5.41) is 0.554. The molecule has 0 spiro atoms. The number of methoxy groups -OCH3 is 1. The van der Waals surface area contributed by atoms with Crippen molar-refractivity contribution in [3.63, 3.8) is 0 Å². The van der Waals surface area contributed by atoms with E-state index in [4.69, 9.17) is 17.0 Å². The molecule has 1 atom stereocenters. The molecule has 0 heterocycles. The summed E-state index contributed by atoms with van der Waals surface area (Å²) in [6.45, 7) is 1.99. The largest absolute Gasteiger partial charge is 0.490 e. The first kappa shape index (κ1) is 13.7. The van der Waals surface area contributed by atoms with E-state index in [1.165, 1.54) is 6.07 Å². The molecule has 3 heteroatoms. The molecule has 2 aromatic rings. The third-order valence-electron chi connectivity index (χ3n) is 3.15. The van der Waals surface area contributed by atoms with Crippen molar-refractivity contribution in [1.82, 2.24) is 0 Å². The van der Waals surface area contributed by atoms with Crippen molar-refractivity contribution in [2.24, 2.45) is 0 Å². The lowest BCUT2D eigenvalue weighted by molar-refractivity contribution is 0.397. The Bertz CT molecular complexity index is 578. The fourth-order valence-corrected chi connectivity index (χ4v) is 2.10. The quantitative estimate of drug-likeness (QED) is 0.758. The van der Waals surface area contributed by atoms with Gasteiger partial charge in [-0.05, 0) is 29.4 Å². The van der Waals surface area contributed by atoms with Crippen LogP contribution in [-0.2, 0) is 4.74 Å². The number of rotatable bonds is 3. The molecule has 0 aliphatic rings. The van der Waals surface area contributed by atoms with Gasteiger partial charge in [0, 0.05) is 11.5 Å². The first-order valence-corrected chi connectivity index (χ1v) is 6.47. The van der Waals surface area contributed by atoms with E-state index < -0.39 is 0 Å². The summed E-state index contributed by atoms with van der Waals surface area (Å²) in [4.78, 5) is 0. The Balaban J connectivity index is 2.29. The predicted octanol–water partition coefficient (Wildman–Crippen LogP) is 4.57. The lowest BCUT2D eigenvalue weighted by atomic mass is 9.98. The molecule has 2 aromatic carbocycles. The predicted molar refractivity (Wildman–Crippen MR) is 79.9 cm³/mol. The highest BCUT2D eigenvalue weighted by Crippen LogP contribution is 2.25. The molecule has 0 amide bonds. The van der Waals surface area contributed by atoms with Crippen LogP contribution in [0.4, 0.5) is 4.39 Å². The van der Waals surface area contributed by atoms with Crippen LogP contribution in [0.2, 0.25) is 0 Å².